The molecule has 0 unspecified atom stereocenters. The molecule has 0 aliphatic carbocycles. The maximum atomic E-state index is 10.8. The van der Waals surface area contributed by atoms with Crippen molar-refractivity contribution in [2.45, 2.75) is 38.6 Å². The molecule has 2 fully saturated rings. The van der Waals surface area contributed by atoms with Gasteiger partial charge in [-0.1, -0.05) is 12.1 Å². The monoisotopic (exact) mass is 453 g/mol. The summed E-state index contributed by atoms with van der Waals surface area (Å²) in [6.07, 6.45) is 4.91. The lowest BCUT2D eigenvalue weighted by Gasteiger charge is -2.38. The number of carbonyl (C=O) groups is 1. The highest BCUT2D eigenvalue weighted by atomic mass is 35.5. The third kappa shape index (κ3) is 7.96. The molecule has 3 rings (SSSR count). The normalized spacial score (nSPS) is 18.5. The lowest BCUT2D eigenvalue weighted by atomic mass is 9.91. The summed E-state index contributed by atoms with van der Waals surface area (Å²) in [4.78, 5) is 15.9. The summed E-state index contributed by atoms with van der Waals surface area (Å²) in [5.74, 6) is 0.507. The van der Waals surface area contributed by atoms with Crippen LogP contribution in [0.5, 0.6) is 0 Å². The van der Waals surface area contributed by atoms with Crippen LogP contribution in [0.2, 0.25) is 0 Å². The van der Waals surface area contributed by atoms with Crippen molar-refractivity contribution >= 4 is 48.9 Å². The Kier molecular flexibility index (Phi) is 13.1. The number of nitrogens with two attached hydrogens (primary N) is 1. The van der Waals surface area contributed by atoms with Gasteiger partial charge in [0.2, 0.25) is 0 Å². The molecule has 0 saturated carbocycles. The van der Waals surface area contributed by atoms with Gasteiger partial charge in [0.1, 0.15) is 0 Å². The molecule has 0 radical (unpaired) electrons. The summed E-state index contributed by atoms with van der Waals surface area (Å²) >= 11 is 0. The van der Waals surface area contributed by atoms with Crippen LogP contribution in [0.1, 0.15) is 37.7 Å². The van der Waals surface area contributed by atoms with E-state index in [1.807, 2.05) is 0 Å². The minimum absolute atomic E-state index is 0. The molecule has 0 spiro atoms. The quantitative estimate of drug-likeness (QED) is 0.684. The van der Waals surface area contributed by atoms with Crippen LogP contribution < -0.4 is 10.6 Å². The van der Waals surface area contributed by atoms with Gasteiger partial charge in [0, 0.05) is 38.3 Å². The first-order chi connectivity index (χ1) is 12.1. The molecule has 2 aliphatic heterocycles. The molecule has 8 heteroatoms. The average Bonchev–Trinajstić information content (AvgIpc) is 2.64. The van der Waals surface area contributed by atoms with Crippen molar-refractivity contribution in [3.8, 4) is 0 Å². The number of carboxylic acid groups (broad SMARTS) is 1. The van der Waals surface area contributed by atoms with E-state index in [0.29, 0.717) is 18.9 Å². The topological polar surface area (TPSA) is 69.8 Å². The number of nitrogens with zero attached hydrogens (tertiary/aromatic N) is 2. The number of rotatable bonds is 6. The molecule has 5 nitrogen and oxygen atoms in total. The van der Waals surface area contributed by atoms with Gasteiger partial charge in [-0.3, -0.25) is 4.79 Å². The zero-order chi connectivity index (χ0) is 17.6. The van der Waals surface area contributed by atoms with Gasteiger partial charge in [0.15, 0.2) is 0 Å². The Morgan fingerprint density at radius 1 is 0.929 bits per heavy atom. The smallest absolute Gasteiger partial charge is 0.303 e. The van der Waals surface area contributed by atoms with Gasteiger partial charge in [-0.05, 0) is 68.3 Å². The SMILES string of the molecule is Cl.Cl.Cl.NCc1ccc(N2CCC(CN3CCC(CC(=O)O)CC3)CC2)cc1. The van der Waals surface area contributed by atoms with E-state index in [1.54, 1.807) is 0 Å². The molecule has 3 N–H and O–H groups in total. The number of carboxylic acids is 1. The van der Waals surface area contributed by atoms with Crippen molar-refractivity contribution in [1.29, 1.82) is 0 Å². The maximum Gasteiger partial charge on any atom is 0.303 e. The number of anilines is 1. The third-order valence-electron chi connectivity index (χ3n) is 5.84. The van der Waals surface area contributed by atoms with E-state index >= 15 is 0 Å². The van der Waals surface area contributed by atoms with Gasteiger partial charge in [-0.25, -0.2) is 0 Å². The standard InChI is InChI=1S/C20H31N3O2.3ClH/c21-14-17-1-3-19(4-2-17)23-11-7-18(8-12-23)15-22-9-5-16(6-10-22)13-20(24)25;;;/h1-4,16,18H,5-15,21H2,(H,24,25);3*1H. The largest absolute Gasteiger partial charge is 0.481 e. The first kappa shape index (κ1) is 27.3. The highest BCUT2D eigenvalue weighted by Gasteiger charge is 2.25. The van der Waals surface area contributed by atoms with E-state index in [4.69, 9.17) is 10.8 Å². The number of likely N-dealkylation sites (tertiary alicyclic amines) is 1. The Labute approximate surface area is 187 Å². The molecule has 1 aromatic rings. The zero-order valence-electron chi connectivity index (χ0n) is 16.3. The van der Waals surface area contributed by atoms with Crippen LogP contribution in [0.15, 0.2) is 24.3 Å². The third-order valence-corrected chi connectivity index (χ3v) is 5.84. The van der Waals surface area contributed by atoms with Crippen molar-refractivity contribution in [3.05, 3.63) is 29.8 Å². The predicted octanol–water partition coefficient (Wildman–Crippen LogP) is 3.81. The minimum Gasteiger partial charge on any atom is -0.481 e. The lowest BCUT2D eigenvalue weighted by Crippen LogP contribution is -2.41. The number of benzene rings is 1. The molecule has 0 aromatic heterocycles. The zero-order valence-corrected chi connectivity index (χ0v) is 18.7. The molecule has 0 amide bonds. The highest BCUT2D eigenvalue weighted by Crippen LogP contribution is 2.26. The van der Waals surface area contributed by atoms with E-state index in [2.05, 4.69) is 34.1 Å². The van der Waals surface area contributed by atoms with Crippen molar-refractivity contribution in [2.24, 2.45) is 17.6 Å². The van der Waals surface area contributed by atoms with Crippen LogP contribution in [-0.2, 0) is 11.3 Å². The number of halogens is 3. The van der Waals surface area contributed by atoms with E-state index in [0.717, 1.165) is 44.9 Å². The summed E-state index contributed by atoms with van der Waals surface area (Å²) in [6, 6.07) is 8.64. The summed E-state index contributed by atoms with van der Waals surface area (Å²) in [7, 11) is 0. The van der Waals surface area contributed by atoms with Crippen molar-refractivity contribution in [1.82, 2.24) is 4.90 Å². The second-order valence-electron chi connectivity index (χ2n) is 7.64. The second kappa shape index (κ2) is 13.5. The Morgan fingerprint density at radius 2 is 1.46 bits per heavy atom. The van der Waals surface area contributed by atoms with Crippen molar-refractivity contribution in [2.75, 3.05) is 37.6 Å². The summed E-state index contributed by atoms with van der Waals surface area (Å²) in [5, 5.41) is 8.92. The van der Waals surface area contributed by atoms with Gasteiger partial charge in [0.05, 0.1) is 0 Å². The fourth-order valence-corrected chi connectivity index (χ4v) is 4.20. The molecule has 0 atom stereocenters. The molecule has 2 heterocycles. The number of piperidine rings is 2. The summed E-state index contributed by atoms with van der Waals surface area (Å²) in [5.41, 5.74) is 8.17. The fraction of sp³-hybridized carbons (Fsp3) is 0.650. The first-order valence-corrected chi connectivity index (χ1v) is 9.62. The average molecular weight is 455 g/mol. The van der Waals surface area contributed by atoms with Crippen LogP contribution >= 0.6 is 37.2 Å². The maximum absolute atomic E-state index is 10.8. The van der Waals surface area contributed by atoms with Gasteiger partial charge >= 0.3 is 5.97 Å². The van der Waals surface area contributed by atoms with Gasteiger partial charge in [0.25, 0.3) is 0 Å². The number of hydrogen-bond acceptors (Lipinski definition) is 4. The number of hydrogen-bond donors (Lipinski definition) is 2. The van der Waals surface area contributed by atoms with Gasteiger partial charge < -0.3 is 20.6 Å². The minimum atomic E-state index is -0.648. The Balaban J connectivity index is 0.00000243. The summed E-state index contributed by atoms with van der Waals surface area (Å²) < 4.78 is 0. The molecule has 2 saturated heterocycles. The van der Waals surface area contributed by atoms with Crippen molar-refractivity contribution < 1.29 is 9.90 Å². The molecule has 28 heavy (non-hydrogen) atoms. The molecule has 162 valence electrons. The second-order valence-corrected chi connectivity index (χ2v) is 7.64. The Hall–Kier alpha value is -0.720. The van der Waals surface area contributed by atoms with Gasteiger partial charge in [-0.15, -0.1) is 37.2 Å². The van der Waals surface area contributed by atoms with E-state index < -0.39 is 5.97 Å². The van der Waals surface area contributed by atoms with Crippen LogP contribution in [0.3, 0.4) is 0 Å². The molecular weight excluding hydrogens is 421 g/mol. The van der Waals surface area contributed by atoms with Crippen LogP contribution in [-0.4, -0.2) is 48.7 Å². The van der Waals surface area contributed by atoms with E-state index in [-0.39, 0.29) is 37.2 Å². The fourth-order valence-electron chi connectivity index (χ4n) is 4.20. The van der Waals surface area contributed by atoms with Crippen molar-refractivity contribution in [3.63, 3.8) is 0 Å². The molecular formula is C20H34Cl3N3O2. The van der Waals surface area contributed by atoms with Crippen LogP contribution in [0, 0.1) is 11.8 Å². The molecule has 1 aromatic carbocycles. The molecule has 0 bridgehead atoms. The van der Waals surface area contributed by atoms with E-state index in [9.17, 15) is 4.79 Å². The summed E-state index contributed by atoms with van der Waals surface area (Å²) in [6.45, 7) is 6.17. The molecule has 2 aliphatic rings. The van der Waals surface area contributed by atoms with E-state index in [1.165, 1.54) is 30.6 Å². The van der Waals surface area contributed by atoms with Crippen LogP contribution in [0.25, 0.3) is 0 Å². The Morgan fingerprint density at radius 3 is 1.96 bits per heavy atom. The predicted molar refractivity (Wildman–Crippen MR) is 122 cm³/mol. The van der Waals surface area contributed by atoms with Gasteiger partial charge in [-0.2, -0.15) is 0 Å². The lowest BCUT2D eigenvalue weighted by molar-refractivity contribution is -0.138. The van der Waals surface area contributed by atoms with Crippen LogP contribution in [0.4, 0.5) is 5.69 Å². The number of aliphatic carboxylic acids is 1. The Bertz CT molecular complexity index is 558. The first-order valence-electron chi connectivity index (χ1n) is 9.62. The highest BCUT2D eigenvalue weighted by molar-refractivity contribution is 5.86.